The van der Waals surface area contributed by atoms with Crippen molar-refractivity contribution >= 4 is 48.9 Å². The Morgan fingerprint density at radius 2 is 2.25 bits per heavy atom. The summed E-state index contributed by atoms with van der Waals surface area (Å²) in [5.41, 5.74) is 0.792. The first-order chi connectivity index (χ1) is 7.36. The van der Waals surface area contributed by atoms with Crippen LogP contribution in [-0.2, 0) is 10.0 Å². The van der Waals surface area contributed by atoms with Crippen LogP contribution in [0.3, 0.4) is 0 Å². The van der Waals surface area contributed by atoms with Crippen molar-refractivity contribution < 1.29 is 8.42 Å². The number of thiophene rings is 1. The van der Waals surface area contributed by atoms with Gasteiger partial charge in [0.1, 0.15) is 4.21 Å². The van der Waals surface area contributed by atoms with Gasteiger partial charge in [-0.25, -0.2) is 13.1 Å². The second-order valence-electron chi connectivity index (χ2n) is 3.63. The summed E-state index contributed by atoms with van der Waals surface area (Å²) in [6.45, 7) is 4.17. The van der Waals surface area contributed by atoms with Gasteiger partial charge in [-0.3, -0.25) is 0 Å². The molecule has 0 radical (unpaired) electrons. The topological polar surface area (TPSA) is 46.2 Å². The molecule has 0 saturated heterocycles. The minimum Gasteiger partial charge on any atom is -0.210 e. The van der Waals surface area contributed by atoms with Crippen molar-refractivity contribution in [2.45, 2.75) is 18.1 Å². The summed E-state index contributed by atoms with van der Waals surface area (Å²) in [5, 5.41) is 0.764. The van der Waals surface area contributed by atoms with Crippen LogP contribution in [0.2, 0.25) is 4.34 Å². The van der Waals surface area contributed by atoms with Crippen LogP contribution in [0.5, 0.6) is 0 Å². The van der Waals surface area contributed by atoms with E-state index < -0.39 is 10.0 Å². The third-order valence-corrected chi connectivity index (χ3v) is 6.54. The third kappa shape index (κ3) is 3.70. The summed E-state index contributed by atoms with van der Waals surface area (Å²) in [5.74, 6) is 0.256. The Kier molecular flexibility index (Phi) is 5.25. The summed E-state index contributed by atoms with van der Waals surface area (Å²) in [7, 11) is -3.40. The molecule has 0 saturated carbocycles. The standard InChI is InChI=1S/C9H13BrClNO2S2/c1-6(4-10)5-12-16(13,14)8-3-7(2)9(11)15-8/h3,6,12H,4-5H2,1-2H3. The average Bonchev–Trinajstić information content (AvgIpc) is 2.56. The molecule has 1 unspecified atom stereocenters. The number of hydrogen-bond donors (Lipinski definition) is 1. The molecular formula is C9H13BrClNO2S2. The Morgan fingerprint density at radius 3 is 2.69 bits per heavy atom. The molecule has 1 rings (SSSR count). The molecule has 1 aromatic heterocycles. The Morgan fingerprint density at radius 1 is 1.62 bits per heavy atom. The van der Waals surface area contributed by atoms with Gasteiger partial charge in [-0.1, -0.05) is 34.5 Å². The summed E-state index contributed by atoms with van der Waals surface area (Å²) < 4.78 is 27.0. The van der Waals surface area contributed by atoms with E-state index in [9.17, 15) is 8.42 Å². The molecule has 0 aromatic carbocycles. The largest absolute Gasteiger partial charge is 0.250 e. The Balaban J connectivity index is 2.78. The lowest BCUT2D eigenvalue weighted by Gasteiger charge is -2.08. The molecule has 1 aromatic rings. The highest BCUT2D eigenvalue weighted by atomic mass is 79.9. The number of nitrogens with one attached hydrogen (secondary N) is 1. The molecule has 0 bridgehead atoms. The molecule has 16 heavy (non-hydrogen) atoms. The lowest BCUT2D eigenvalue weighted by atomic mass is 10.2. The van der Waals surface area contributed by atoms with Crippen LogP contribution in [0, 0.1) is 12.8 Å². The first-order valence-corrected chi connectivity index (χ1v) is 8.48. The van der Waals surface area contributed by atoms with Gasteiger partial charge >= 0.3 is 0 Å². The van der Waals surface area contributed by atoms with E-state index in [1.54, 1.807) is 13.0 Å². The number of alkyl halides is 1. The van der Waals surface area contributed by atoms with Crippen molar-refractivity contribution in [3.8, 4) is 0 Å². The lowest BCUT2D eigenvalue weighted by Crippen LogP contribution is -2.28. The van der Waals surface area contributed by atoms with E-state index in [2.05, 4.69) is 20.7 Å². The van der Waals surface area contributed by atoms with Crippen molar-refractivity contribution in [3.05, 3.63) is 16.0 Å². The van der Waals surface area contributed by atoms with Crippen molar-refractivity contribution in [3.63, 3.8) is 0 Å². The summed E-state index contributed by atoms with van der Waals surface area (Å²) in [6.07, 6.45) is 0. The van der Waals surface area contributed by atoms with Gasteiger partial charge in [-0.15, -0.1) is 11.3 Å². The molecule has 1 heterocycles. The molecule has 0 amide bonds. The zero-order valence-corrected chi connectivity index (χ0v) is 12.9. The van der Waals surface area contributed by atoms with E-state index in [0.29, 0.717) is 10.9 Å². The molecule has 92 valence electrons. The number of halogens is 2. The Bertz CT molecular complexity index is 439. The van der Waals surface area contributed by atoms with E-state index in [-0.39, 0.29) is 10.1 Å². The van der Waals surface area contributed by atoms with Crippen LogP contribution in [0.1, 0.15) is 12.5 Å². The van der Waals surface area contributed by atoms with Gasteiger partial charge in [-0.2, -0.15) is 0 Å². The third-order valence-electron chi connectivity index (χ3n) is 1.98. The molecule has 1 N–H and O–H groups in total. The Hall–Kier alpha value is 0.380. The van der Waals surface area contributed by atoms with Crippen LogP contribution in [0.4, 0.5) is 0 Å². The van der Waals surface area contributed by atoms with Gasteiger partial charge in [0.2, 0.25) is 10.0 Å². The molecule has 0 aliphatic carbocycles. The fourth-order valence-corrected chi connectivity index (χ4v) is 4.09. The molecular weight excluding hydrogens is 334 g/mol. The quantitative estimate of drug-likeness (QED) is 0.833. The molecule has 1 atom stereocenters. The van der Waals surface area contributed by atoms with Crippen LogP contribution < -0.4 is 4.72 Å². The molecule has 0 spiro atoms. The highest BCUT2D eigenvalue weighted by Gasteiger charge is 2.18. The second kappa shape index (κ2) is 5.82. The number of sulfonamides is 1. The minimum absolute atomic E-state index is 0.256. The summed E-state index contributed by atoms with van der Waals surface area (Å²) in [4.78, 5) is 0. The molecule has 0 aliphatic rings. The molecule has 3 nitrogen and oxygen atoms in total. The van der Waals surface area contributed by atoms with Gasteiger partial charge < -0.3 is 0 Å². The monoisotopic (exact) mass is 345 g/mol. The first kappa shape index (κ1) is 14.4. The van der Waals surface area contributed by atoms with Crippen LogP contribution in [0.15, 0.2) is 10.3 Å². The van der Waals surface area contributed by atoms with Gasteiger partial charge in [-0.05, 0) is 24.5 Å². The van der Waals surface area contributed by atoms with Crippen molar-refractivity contribution in [2.24, 2.45) is 5.92 Å². The maximum atomic E-state index is 11.8. The van der Waals surface area contributed by atoms with E-state index in [0.717, 1.165) is 22.2 Å². The van der Waals surface area contributed by atoms with Gasteiger partial charge in [0.25, 0.3) is 0 Å². The Labute approximate surface area is 113 Å². The van der Waals surface area contributed by atoms with Gasteiger partial charge in [0.05, 0.1) is 4.34 Å². The summed E-state index contributed by atoms with van der Waals surface area (Å²) in [6, 6.07) is 1.59. The first-order valence-electron chi connectivity index (χ1n) is 4.68. The minimum atomic E-state index is -3.40. The SMILES string of the molecule is Cc1cc(S(=O)(=O)NCC(C)CBr)sc1Cl. The fraction of sp³-hybridized carbons (Fsp3) is 0.556. The van der Waals surface area contributed by atoms with Crippen LogP contribution in [-0.4, -0.2) is 20.3 Å². The van der Waals surface area contributed by atoms with E-state index in [4.69, 9.17) is 11.6 Å². The normalized spacial score (nSPS) is 14.0. The van der Waals surface area contributed by atoms with Gasteiger partial charge in [0, 0.05) is 11.9 Å². The lowest BCUT2D eigenvalue weighted by molar-refractivity contribution is 0.565. The maximum absolute atomic E-state index is 11.8. The molecule has 0 fully saturated rings. The van der Waals surface area contributed by atoms with Crippen LogP contribution in [0.25, 0.3) is 0 Å². The molecule has 0 aliphatic heterocycles. The van der Waals surface area contributed by atoms with Crippen molar-refractivity contribution in [1.29, 1.82) is 0 Å². The predicted molar refractivity (Wildman–Crippen MR) is 72.2 cm³/mol. The van der Waals surface area contributed by atoms with E-state index in [1.807, 2.05) is 6.92 Å². The number of aryl methyl sites for hydroxylation is 1. The molecule has 7 heteroatoms. The highest BCUT2D eigenvalue weighted by Crippen LogP contribution is 2.29. The van der Waals surface area contributed by atoms with Crippen molar-refractivity contribution in [2.75, 3.05) is 11.9 Å². The number of rotatable bonds is 5. The van der Waals surface area contributed by atoms with E-state index in [1.165, 1.54) is 0 Å². The summed E-state index contributed by atoms with van der Waals surface area (Å²) >= 11 is 10.2. The average molecular weight is 347 g/mol. The fourth-order valence-electron chi connectivity index (χ4n) is 0.942. The number of hydrogen-bond acceptors (Lipinski definition) is 3. The zero-order chi connectivity index (χ0) is 12.3. The maximum Gasteiger partial charge on any atom is 0.250 e. The zero-order valence-electron chi connectivity index (χ0n) is 8.96. The van der Waals surface area contributed by atoms with Gasteiger partial charge in [0.15, 0.2) is 0 Å². The smallest absolute Gasteiger partial charge is 0.210 e. The predicted octanol–water partition coefficient (Wildman–Crippen LogP) is 3.02. The van der Waals surface area contributed by atoms with Crippen molar-refractivity contribution in [1.82, 2.24) is 4.72 Å². The van der Waals surface area contributed by atoms with E-state index >= 15 is 0 Å². The highest BCUT2D eigenvalue weighted by molar-refractivity contribution is 9.09. The second-order valence-corrected chi connectivity index (χ2v) is 7.93. The van der Waals surface area contributed by atoms with Crippen LogP contribution >= 0.6 is 38.9 Å².